The van der Waals surface area contributed by atoms with Gasteiger partial charge in [0.15, 0.2) is 11.5 Å². The van der Waals surface area contributed by atoms with E-state index >= 15 is 0 Å². The Morgan fingerprint density at radius 1 is 1.06 bits per heavy atom. The Labute approximate surface area is 202 Å². The van der Waals surface area contributed by atoms with E-state index in [4.69, 9.17) is 4.74 Å². The smallest absolute Gasteiger partial charge is 0.410 e. The number of nitrogens with one attached hydrogen (secondary N) is 1. The molecule has 1 amide bonds. The molecule has 2 aliphatic rings. The van der Waals surface area contributed by atoms with Gasteiger partial charge in [0.2, 0.25) is 0 Å². The zero-order valence-electron chi connectivity index (χ0n) is 20.6. The van der Waals surface area contributed by atoms with Crippen LogP contribution in [0.1, 0.15) is 37.5 Å². The number of aryl methyl sites for hydroxylation is 2. The van der Waals surface area contributed by atoms with Crippen molar-refractivity contribution in [3.63, 3.8) is 0 Å². The maximum Gasteiger partial charge on any atom is 0.410 e. The van der Waals surface area contributed by atoms with Gasteiger partial charge < -0.3 is 9.30 Å². The van der Waals surface area contributed by atoms with Crippen LogP contribution >= 0.6 is 0 Å². The van der Waals surface area contributed by atoms with Crippen molar-refractivity contribution in [2.45, 2.75) is 53.2 Å². The monoisotopic (exact) mass is 475 g/mol. The van der Waals surface area contributed by atoms with Gasteiger partial charge in [-0.15, -0.1) is 0 Å². The van der Waals surface area contributed by atoms with Gasteiger partial charge in [-0.05, 0) is 63.4 Å². The lowest BCUT2D eigenvalue weighted by Gasteiger charge is -2.35. The maximum atomic E-state index is 13.1. The molecule has 9 heteroatoms. The molecule has 0 bridgehead atoms. The molecule has 0 saturated heterocycles. The van der Waals surface area contributed by atoms with Crippen LogP contribution in [0.25, 0.3) is 22.6 Å². The van der Waals surface area contributed by atoms with Crippen molar-refractivity contribution < 1.29 is 9.53 Å². The largest absolute Gasteiger partial charge is 0.447 e. The molecule has 1 N–H and O–H groups in total. The van der Waals surface area contributed by atoms with E-state index in [0.717, 1.165) is 16.7 Å². The Morgan fingerprint density at radius 2 is 1.74 bits per heavy atom. The third kappa shape index (κ3) is 5.08. The van der Waals surface area contributed by atoms with E-state index in [1.807, 2.05) is 77.1 Å². The normalized spacial score (nSPS) is 11.7. The first kappa shape index (κ1) is 24.1. The summed E-state index contributed by atoms with van der Waals surface area (Å²) in [6, 6.07) is 13.5. The van der Waals surface area contributed by atoms with Gasteiger partial charge in [-0.25, -0.2) is 14.6 Å². The third-order valence-corrected chi connectivity index (χ3v) is 5.98. The van der Waals surface area contributed by atoms with Crippen molar-refractivity contribution >= 4 is 17.1 Å². The van der Waals surface area contributed by atoms with E-state index in [-0.39, 0.29) is 24.7 Å². The fourth-order valence-corrected chi connectivity index (χ4v) is 3.92. The Morgan fingerprint density at radius 3 is 2.43 bits per heavy atom. The highest BCUT2D eigenvalue weighted by Crippen LogP contribution is 2.24. The number of amides is 1. The Kier molecular flexibility index (Phi) is 6.43. The van der Waals surface area contributed by atoms with E-state index in [1.165, 1.54) is 0 Å². The second-order valence-corrected chi connectivity index (χ2v) is 9.59. The molecule has 0 unspecified atom stereocenters. The molecular weight excluding hydrogens is 446 g/mol. The molecule has 0 saturated carbocycles. The van der Waals surface area contributed by atoms with Crippen molar-refractivity contribution in [1.82, 2.24) is 24.4 Å². The lowest BCUT2D eigenvalue weighted by molar-refractivity contribution is 0.0617. The van der Waals surface area contributed by atoms with Crippen molar-refractivity contribution in [2.75, 3.05) is 6.61 Å². The lowest BCUT2D eigenvalue weighted by Crippen LogP contribution is -2.45. The molecule has 0 aromatic heterocycles. The first-order chi connectivity index (χ1) is 16.5. The van der Waals surface area contributed by atoms with Gasteiger partial charge in [-0.3, -0.25) is 14.7 Å². The minimum absolute atomic E-state index is 0.0225. The lowest BCUT2D eigenvalue weighted by atomic mass is 10.1. The molecule has 2 heterocycles. The molecule has 0 atom stereocenters. The van der Waals surface area contributed by atoms with Gasteiger partial charge in [-0.2, -0.15) is 4.98 Å². The summed E-state index contributed by atoms with van der Waals surface area (Å²) in [5.41, 5.74) is 2.59. The highest BCUT2D eigenvalue weighted by Gasteiger charge is 2.28. The third-order valence-electron chi connectivity index (χ3n) is 5.98. The second kappa shape index (κ2) is 9.32. The standard InChI is InChI=1S/C26H29N5O4/c1-16-13-19-20(14-17(16)2)30(22-21(27-19)23(32)29-24(33)28-22)11-12-35-25(34)31(26(3,4)5)15-18-9-7-6-8-10-18/h6-10,13-14H,11-12,15H2,1-5H3,(H,29,32,33). The second-order valence-electron chi connectivity index (χ2n) is 9.59. The quantitative estimate of drug-likeness (QED) is 0.441. The summed E-state index contributed by atoms with van der Waals surface area (Å²) in [5, 5.41) is 0. The van der Waals surface area contributed by atoms with Gasteiger partial charge in [0.05, 0.1) is 17.6 Å². The summed E-state index contributed by atoms with van der Waals surface area (Å²) in [4.78, 5) is 49.8. The summed E-state index contributed by atoms with van der Waals surface area (Å²) >= 11 is 0. The van der Waals surface area contributed by atoms with Crippen LogP contribution in [0.5, 0.6) is 0 Å². The molecule has 2 aromatic rings. The number of ether oxygens (including phenoxy) is 1. The first-order valence-electron chi connectivity index (χ1n) is 11.4. The van der Waals surface area contributed by atoms with Gasteiger partial charge >= 0.3 is 11.8 Å². The minimum atomic E-state index is -0.750. The van der Waals surface area contributed by atoms with Gasteiger partial charge in [0, 0.05) is 12.1 Å². The van der Waals surface area contributed by atoms with Crippen LogP contribution in [0.15, 0.2) is 52.1 Å². The van der Waals surface area contributed by atoms with Crippen LogP contribution in [0.3, 0.4) is 0 Å². The number of H-pyrrole nitrogens is 1. The van der Waals surface area contributed by atoms with Crippen LogP contribution in [-0.4, -0.2) is 42.7 Å². The predicted octanol–water partition coefficient (Wildman–Crippen LogP) is 3.64. The Balaban J connectivity index is 1.64. The highest BCUT2D eigenvalue weighted by atomic mass is 16.6. The number of benzene rings is 2. The van der Waals surface area contributed by atoms with Crippen LogP contribution in [-0.2, 0) is 17.8 Å². The molecule has 9 nitrogen and oxygen atoms in total. The van der Waals surface area contributed by atoms with Crippen molar-refractivity contribution in [3.8, 4) is 11.5 Å². The summed E-state index contributed by atoms with van der Waals surface area (Å²) in [6.45, 7) is 10.4. The maximum absolute atomic E-state index is 13.1. The minimum Gasteiger partial charge on any atom is -0.447 e. The molecule has 35 heavy (non-hydrogen) atoms. The molecule has 0 spiro atoms. The van der Waals surface area contributed by atoms with Gasteiger partial charge in [0.25, 0.3) is 5.56 Å². The van der Waals surface area contributed by atoms with E-state index in [1.54, 1.807) is 9.47 Å². The van der Waals surface area contributed by atoms with Crippen molar-refractivity contribution in [3.05, 3.63) is 80.0 Å². The molecule has 0 fully saturated rings. The first-order valence-corrected chi connectivity index (χ1v) is 11.4. The number of nitrogens with zero attached hydrogens (tertiary/aromatic N) is 4. The zero-order chi connectivity index (χ0) is 25.3. The van der Waals surface area contributed by atoms with E-state index in [9.17, 15) is 14.4 Å². The number of hydrogen-bond donors (Lipinski definition) is 1. The number of aromatic amines is 1. The summed E-state index contributed by atoms with van der Waals surface area (Å²) in [6.07, 6.45) is -0.452. The van der Waals surface area contributed by atoms with Crippen LogP contribution in [0.2, 0.25) is 0 Å². The average molecular weight is 476 g/mol. The summed E-state index contributed by atoms with van der Waals surface area (Å²) < 4.78 is 7.39. The zero-order valence-corrected chi connectivity index (χ0v) is 20.6. The number of fused-ring (bicyclic) bond motifs is 2. The van der Waals surface area contributed by atoms with Gasteiger partial charge in [-0.1, -0.05) is 30.3 Å². The van der Waals surface area contributed by atoms with E-state index in [0.29, 0.717) is 17.6 Å². The number of carbonyl (C=O) groups excluding carboxylic acids is 1. The fraction of sp³-hybridized carbons (Fsp3) is 0.346. The van der Waals surface area contributed by atoms with Crippen LogP contribution in [0, 0.1) is 13.8 Å². The van der Waals surface area contributed by atoms with Gasteiger partial charge in [0.1, 0.15) is 6.61 Å². The molecular formula is C26H29N5O4. The van der Waals surface area contributed by atoms with E-state index < -0.39 is 22.9 Å². The van der Waals surface area contributed by atoms with E-state index in [2.05, 4.69) is 15.0 Å². The Bertz CT molecular complexity index is 1470. The van der Waals surface area contributed by atoms with Crippen molar-refractivity contribution in [1.29, 1.82) is 0 Å². The summed E-state index contributed by atoms with van der Waals surface area (Å²) in [5.74, 6) is 0.155. The van der Waals surface area contributed by atoms with Crippen LogP contribution < -0.4 is 11.2 Å². The molecule has 2 aliphatic heterocycles. The SMILES string of the molecule is Cc1cc2nc3c(=O)[nH]c(=O)nc-3n(CCOC(=O)N(Cc3ccccc3)C(C)(C)C)c2cc1C. The number of hydrogen-bond acceptors (Lipinski definition) is 6. The molecule has 182 valence electrons. The molecule has 0 radical (unpaired) electrons. The molecule has 0 aliphatic carbocycles. The average Bonchev–Trinajstić information content (AvgIpc) is 2.78. The van der Waals surface area contributed by atoms with Crippen molar-refractivity contribution in [2.24, 2.45) is 0 Å². The number of carbonyl (C=O) groups is 1. The highest BCUT2D eigenvalue weighted by molar-refractivity contribution is 5.81. The Hall–Kier alpha value is -4.01. The number of rotatable bonds is 5. The fourth-order valence-electron chi connectivity index (χ4n) is 3.92. The predicted molar refractivity (Wildman–Crippen MR) is 134 cm³/mol. The topological polar surface area (TPSA) is 110 Å². The molecule has 2 aromatic carbocycles. The van der Waals surface area contributed by atoms with Crippen LogP contribution in [0.4, 0.5) is 4.79 Å². The number of aromatic nitrogens is 4. The summed E-state index contributed by atoms with van der Waals surface area (Å²) in [7, 11) is 0. The molecule has 4 rings (SSSR count).